The Morgan fingerprint density at radius 1 is 1.50 bits per heavy atom. The average molecular weight is 271 g/mol. The minimum atomic E-state index is -1.19. The number of rotatable bonds is 5. The molecule has 1 amide bonds. The summed E-state index contributed by atoms with van der Waals surface area (Å²) in [6.07, 6.45) is 1.31. The molecule has 0 saturated heterocycles. The molecule has 5 nitrogen and oxygen atoms in total. The van der Waals surface area contributed by atoms with E-state index in [2.05, 4.69) is 5.32 Å². The van der Waals surface area contributed by atoms with Gasteiger partial charge in [-0.3, -0.25) is 4.79 Å². The second kappa shape index (κ2) is 6.37. The van der Waals surface area contributed by atoms with Gasteiger partial charge in [-0.15, -0.1) is 0 Å². The third kappa shape index (κ3) is 3.45. The number of amides is 1. The Balaban J connectivity index is 2.94. The summed E-state index contributed by atoms with van der Waals surface area (Å²) in [6.45, 7) is 1.91. The van der Waals surface area contributed by atoms with Crippen molar-refractivity contribution in [2.24, 2.45) is 5.73 Å². The SMILES string of the molecule is CCC[C@H](N)C(=O)Nc1cccc(Cl)c1C(=O)O. The highest BCUT2D eigenvalue weighted by atomic mass is 35.5. The number of hydrogen-bond donors (Lipinski definition) is 3. The first-order chi connectivity index (χ1) is 8.47. The smallest absolute Gasteiger partial charge is 0.339 e. The van der Waals surface area contributed by atoms with Gasteiger partial charge in [0.25, 0.3) is 0 Å². The maximum absolute atomic E-state index is 11.7. The summed E-state index contributed by atoms with van der Waals surface area (Å²) in [6, 6.07) is 3.84. The van der Waals surface area contributed by atoms with Crippen LogP contribution in [0, 0.1) is 0 Å². The molecule has 0 aliphatic carbocycles. The van der Waals surface area contributed by atoms with Gasteiger partial charge in [0.2, 0.25) is 5.91 Å². The van der Waals surface area contributed by atoms with Crippen molar-refractivity contribution in [1.29, 1.82) is 0 Å². The standard InChI is InChI=1S/C12H15ClN2O3/c1-2-4-8(14)11(16)15-9-6-3-5-7(13)10(9)12(17)18/h3,5-6,8H,2,4,14H2,1H3,(H,15,16)(H,17,18)/t8-/m0/s1. The van der Waals surface area contributed by atoms with Crippen LogP contribution in [-0.4, -0.2) is 23.0 Å². The molecule has 0 aromatic heterocycles. The van der Waals surface area contributed by atoms with Crippen LogP contribution in [0.15, 0.2) is 18.2 Å². The number of carbonyl (C=O) groups is 2. The van der Waals surface area contributed by atoms with E-state index >= 15 is 0 Å². The number of carboxylic acid groups (broad SMARTS) is 1. The summed E-state index contributed by atoms with van der Waals surface area (Å²) >= 11 is 5.79. The normalized spacial score (nSPS) is 11.9. The molecule has 0 radical (unpaired) electrons. The third-order valence-corrected chi connectivity index (χ3v) is 2.74. The van der Waals surface area contributed by atoms with Crippen LogP contribution in [0.4, 0.5) is 5.69 Å². The van der Waals surface area contributed by atoms with Crippen LogP contribution < -0.4 is 11.1 Å². The van der Waals surface area contributed by atoms with Crippen LogP contribution >= 0.6 is 11.6 Å². The summed E-state index contributed by atoms with van der Waals surface area (Å²) in [4.78, 5) is 22.8. The molecule has 1 aromatic carbocycles. The third-order valence-electron chi connectivity index (χ3n) is 2.42. The molecule has 0 aliphatic rings. The van der Waals surface area contributed by atoms with Crippen molar-refractivity contribution in [1.82, 2.24) is 0 Å². The Kier molecular flexibility index (Phi) is 5.12. The van der Waals surface area contributed by atoms with Crippen LogP contribution in [0.25, 0.3) is 0 Å². The number of benzene rings is 1. The predicted molar refractivity (Wildman–Crippen MR) is 69.9 cm³/mol. The van der Waals surface area contributed by atoms with Gasteiger partial charge in [-0.2, -0.15) is 0 Å². The topological polar surface area (TPSA) is 92.4 Å². The van der Waals surface area contributed by atoms with Gasteiger partial charge in [-0.05, 0) is 18.6 Å². The second-order valence-corrected chi connectivity index (χ2v) is 4.26. The van der Waals surface area contributed by atoms with Crippen LogP contribution in [0.3, 0.4) is 0 Å². The van der Waals surface area contributed by atoms with Crippen LogP contribution in [0.1, 0.15) is 30.1 Å². The molecule has 0 saturated carbocycles. The molecular weight excluding hydrogens is 256 g/mol. The summed E-state index contributed by atoms with van der Waals surface area (Å²) in [5, 5.41) is 11.6. The Hall–Kier alpha value is -1.59. The molecule has 6 heteroatoms. The Bertz CT molecular complexity index is 463. The van der Waals surface area contributed by atoms with Crippen molar-refractivity contribution in [3.05, 3.63) is 28.8 Å². The largest absolute Gasteiger partial charge is 0.478 e. The number of carbonyl (C=O) groups excluding carboxylic acids is 1. The number of hydrogen-bond acceptors (Lipinski definition) is 3. The fourth-order valence-electron chi connectivity index (χ4n) is 1.51. The zero-order valence-corrected chi connectivity index (χ0v) is 10.7. The maximum atomic E-state index is 11.7. The van der Waals surface area contributed by atoms with Crippen molar-refractivity contribution in [2.75, 3.05) is 5.32 Å². The summed E-state index contributed by atoms with van der Waals surface area (Å²) < 4.78 is 0. The van der Waals surface area contributed by atoms with Crippen LogP contribution in [-0.2, 0) is 4.79 Å². The van der Waals surface area contributed by atoms with Gasteiger partial charge in [0.15, 0.2) is 0 Å². The van der Waals surface area contributed by atoms with E-state index in [0.717, 1.165) is 6.42 Å². The Morgan fingerprint density at radius 2 is 2.17 bits per heavy atom. The zero-order chi connectivity index (χ0) is 13.7. The van der Waals surface area contributed by atoms with E-state index in [1.165, 1.54) is 12.1 Å². The lowest BCUT2D eigenvalue weighted by molar-refractivity contribution is -0.117. The Morgan fingerprint density at radius 3 is 2.72 bits per heavy atom. The van der Waals surface area contributed by atoms with E-state index < -0.39 is 17.9 Å². The minimum absolute atomic E-state index is 0.0735. The van der Waals surface area contributed by atoms with Gasteiger partial charge in [0.1, 0.15) is 5.56 Å². The minimum Gasteiger partial charge on any atom is -0.478 e. The number of halogens is 1. The maximum Gasteiger partial charge on any atom is 0.339 e. The van der Waals surface area contributed by atoms with Gasteiger partial charge >= 0.3 is 5.97 Å². The molecule has 1 aromatic rings. The molecular formula is C12H15ClN2O3. The van der Waals surface area contributed by atoms with Crippen LogP contribution in [0.2, 0.25) is 5.02 Å². The fourth-order valence-corrected chi connectivity index (χ4v) is 1.77. The molecule has 0 bridgehead atoms. The fraction of sp³-hybridized carbons (Fsp3) is 0.333. The van der Waals surface area contributed by atoms with Crippen molar-refractivity contribution in [3.63, 3.8) is 0 Å². The van der Waals surface area contributed by atoms with E-state index in [0.29, 0.717) is 6.42 Å². The number of aromatic carboxylic acids is 1. The Labute approximate surface area is 110 Å². The lowest BCUT2D eigenvalue weighted by atomic mass is 10.1. The van der Waals surface area contributed by atoms with Crippen molar-refractivity contribution < 1.29 is 14.7 Å². The van der Waals surface area contributed by atoms with Crippen molar-refractivity contribution in [3.8, 4) is 0 Å². The van der Waals surface area contributed by atoms with Crippen LogP contribution in [0.5, 0.6) is 0 Å². The molecule has 1 atom stereocenters. The predicted octanol–water partition coefficient (Wildman–Crippen LogP) is 2.10. The van der Waals surface area contributed by atoms with Gasteiger partial charge in [-0.25, -0.2) is 4.79 Å². The first-order valence-corrected chi connectivity index (χ1v) is 5.93. The lowest BCUT2D eigenvalue weighted by Crippen LogP contribution is -2.35. The summed E-state index contributed by atoms with van der Waals surface area (Å²) in [5.41, 5.74) is 5.68. The summed E-state index contributed by atoms with van der Waals surface area (Å²) in [5.74, 6) is -1.61. The number of nitrogens with one attached hydrogen (secondary N) is 1. The highest BCUT2D eigenvalue weighted by Crippen LogP contribution is 2.24. The molecule has 0 aliphatic heterocycles. The molecule has 0 fully saturated rings. The first kappa shape index (κ1) is 14.5. The lowest BCUT2D eigenvalue weighted by Gasteiger charge is -2.13. The number of nitrogens with two attached hydrogens (primary N) is 1. The number of anilines is 1. The molecule has 18 heavy (non-hydrogen) atoms. The average Bonchev–Trinajstić information content (AvgIpc) is 2.28. The first-order valence-electron chi connectivity index (χ1n) is 5.55. The molecule has 0 unspecified atom stereocenters. The summed E-state index contributed by atoms with van der Waals surface area (Å²) in [7, 11) is 0. The van der Waals surface area contributed by atoms with Gasteiger partial charge in [-0.1, -0.05) is 31.0 Å². The van der Waals surface area contributed by atoms with Crippen molar-refractivity contribution >= 4 is 29.2 Å². The van der Waals surface area contributed by atoms with Gasteiger partial charge in [0, 0.05) is 0 Å². The second-order valence-electron chi connectivity index (χ2n) is 3.85. The van der Waals surface area contributed by atoms with E-state index in [4.69, 9.17) is 22.4 Å². The zero-order valence-electron chi connectivity index (χ0n) is 9.94. The van der Waals surface area contributed by atoms with E-state index in [1.54, 1.807) is 6.07 Å². The molecule has 98 valence electrons. The molecule has 1 rings (SSSR count). The monoisotopic (exact) mass is 270 g/mol. The number of carboxylic acids is 1. The van der Waals surface area contributed by atoms with E-state index in [1.807, 2.05) is 6.92 Å². The highest BCUT2D eigenvalue weighted by molar-refractivity contribution is 6.34. The molecule has 4 N–H and O–H groups in total. The van der Waals surface area contributed by atoms with Gasteiger partial charge < -0.3 is 16.2 Å². The van der Waals surface area contributed by atoms with E-state index in [9.17, 15) is 9.59 Å². The molecule has 0 heterocycles. The van der Waals surface area contributed by atoms with Gasteiger partial charge in [0.05, 0.1) is 16.8 Å². The molecule has 0 spiro atoms. The highest BCUT2D eigenvalue weighted by Gasteiger charge is 2.18. The van der Waals surface area contributed by atoms with Crippen molar-refractivity contribution in [2.45, 2.75) is 25.8 Å². The quantitative estimate of drug-likeness (QED) is 0.764. The van der Waals surface area contributed by atoms with E-state index in [-0.39, 0.29) is 16.3 Å².